The summed E-state index contributed by atoms with van der Waals surface area (Å²) in [6.07, 6.45) is 0.376. The van der Waals surface area contributed by atoms with Crippen LogP contribution in [-0.4, -0.2) is 61.8 Å². The van der Waals surface area contributed by atoms with Crippen LogP contribution in [0.2, 0.25) is 0 Å². The van der Waals surface area contributed by atoms with Gasteiger partial charge in [0.15, 0.2) is 0 Å². The number of amides is 1. The van der Waals surface area contributed by atoms with Crippen molar-refractivity contribution in [2.24, 2.45) is 0 Å². The van der Waals surface area contributed by atoms with E-state index in [4.69, 9.17) is 9.47 Å². The molecule has 2 aromatic carbocycles. The summed E-state index contributed by atoms with van der Waals surface area (Å²) in [5.41, 5.74) is 2.87. The second-order valence-corrected chi connectivity index (χ2v) is 8.19. The third-order valence-corrected chi connectivity index (χ3v) is 5.21. The maximum atomic E-state index is 12.7. The third-order valence-electron chi connectivity index (χ3n) is 5.21. The molecule has 1 saturated heterocycles. The molecule has 0 spiro atoms. The molecule has 2 atom stereocenters. The number of benzene rings is 2. The van der Waals surface area contributed by atoms with Crippen molar-refractivity contribution in [1.29, 1.82) is 0 Å². The fourth-order valence-corrected chi connectivity index (χ4v) is 3.95. The largest absolute Gasteiger partial charge is 0.465 e. The number of carbonyl (C=O) groups excluding carboxylic acids is 2. The number of nitrogens with one attached hydrogen (secondary N) is 1. The number of esters is 1. The number of rotatable bonds is 9. The highest BCUT2D eigenvalue weighted by atomic mass is 16.5. The molecule has 7 heteroatoms. The molecule has 7 nitrogen and oxygen atoms in total. The van der Waals surface area contributed by atoms with Gasteiger partial charge in [-0.05, 0) is 50.6 Å². The van der Waals surface area contributed by atoms with Gasteiger partial charge < -0.3 is 19.7 Å². The van der Waals surface area contributed by atoms with E-state index in [9.17, 15) is 9.59 Å². The van der Waals surface area contributed by atoms with Crippen LogP contribution in [-0.2, 0) is 25.6 Å². The van der Waals surface area contributed by atoms with Crippen LogP contribution in [0.15, 0.2) is 54.6 Å². The minimum atomic E-state index is -0.338. The normalized spacial score (nSPS) is 18.4. The molecule has 0 radical (unpaired) electrons. The molecule has 1 N–H and O–H groups in total. The maximum absolute atomic E-state index is 12.7. The molecule has 0 bridgehead atoms. The summed E-state index contributed by atoms with van der Waals surface area (Å²) in [7, 11) is 0. The van der Waals surface area contributed by atoms with E-state index in [0.29, 0.717) is 13.2 Å². The lowest BCUT2D eigenvalue weighted by atomic mass is 10.2. The van der Waals surface area contributed by atoms with Gasteiger partial charge in [0.2, 0.25) is 5.91 Å². The zero-order valence-electron chi connectivity index (χ0n) is 19.1. The average Bonchev–Trinajstić information content (AvgIpc) is 2.74. The first-order chi connectivity index (χ1) is 15.4. The van der Waals surface area contributed by atoms with Gasteiger partial charge in [0.1, 0.15) is 0 Å². The van der Waals surface area contributed by atoms with Crippen molar-refractivity contribution in [3.05, 3.63) is 60.2 Å². The molecule has 1 aliphatic rings. The first-order valence-corrected chi connectivity index (χ1v) is 11.1. The van der Waals surface area contributed by atoms with Gasteiger partial charge in [0.25, 0.3) is 0 Å². The van der Waals surface area contributed by atoms with Gasteiger partial charge >= 0.3 is 5.97 Å². The first kappa shape index (κ1) is 23.8. The monoisotopic (exact) mass is 439 g/mol. The Morgan fingerprint density at radius 3 is 2.31 bits per heavy atom. The van der Waals surface area contributed by atoms with Crippen molar-refractivity contribution in [1.82, 2.24) is 4.90 Å². The van der Waals surface area contributed by atoms with Crippen LogP contribution in [0, 0.1) is 0 Å². The number of hydrogen-bond acceptors (Lipinski definition) is 6. The molecule has 2 unspecified atom stereocenters. The molecule has 1 aliphatic heterocycles. The average molecular weight is 440 g/mol. The summed E-state index contributed by atoms with van der Waals surface area (Å²) in [6, 6.07) is 17.6. The minimum Gasteiger partial charge on any atom is -0.465 e. The Balaban J connectivity index is 1.59. The van der Waals surface area contributed by atoms with Crippen molar-refractivity contribution in [2.45, 2.75) is 39.5 Å². The van der Waals surface area contributed by atoms with Crippen LogP contribution in [0.5, 0.6) is 0 Å². The lowest BCUT2D eigenvalue weighted by Gasteiger charge is -2.36. The highest BCUT2D eigenvalue weighted by Gasteiger charge is 2.22. The van der Waals surface area contributed by atoms with Crippen molar-refractivity contribution in [2.75, 3.05) is 43.0 Å². The summed E-state index contributed by atoms with van der Waals surface area (Å²) in [4.78, 5) is 28.8. The van der Waals surface area contributed by atoms with E-state index >= 15 is 0 Å². The van der Waals surface area contributed by atoms with Gasteiger partial charge in [0.05, 0.1) is 31.9 Å². The standard InChI is InChI=1S/C25H33N3O4/c1-4-31-25(30)18-27(16-21-8-6-5-7-9-21)17-24(29)26-22-10-12-23(13-11-22)28-14-19(2)32-20(3)15-28/h5-13,19-20H,4,14-18H2,1-3H3,(H,26,29). The fourth-order valence-electron chi connectivity index (χ4n) is 3.95. The van der Waals surface area contributed by atoms with Gasteiger partial charge in [0, 0.05) is 31.0 Å². The van der Waals surface area contributed by atoms with E-state index in [2.05, 4.69) is 24.1 Å². The van der Waals surface area contributed by atoms with Gasteiger partial charge in [-0.2, -0.15) is 0 Å². The SMILES string of the molecule is CCOC(=O)CN(CC(=O)Nc1ccc(N2CC(C)OC(C)C2)cc1)Cc1ccccc1. The maximum Gasteiger partial charge on any atom is 0.320 e. The number of hydrogen-bond donors (Lipinski definition) is 1. The topological polar surface area (TPSA) is 71.1 Å². The Bertz CT molecular complexity index is 863. The highest BCUT2D eigenvalue weighted by molar-refractivity contribution is 5.92. The van der Waals surface area contributed by atoms with E-state index < -0.39 is 0 Å². The van der Waals surface area contributed by atoms with E-state index in [-0.39, 0.29) is 37.2 Å². The van der Waals surface area contributed by atoms with Gasteiger partial charge in [-0.3, -0.25) is 14.5 Å². The predicted octanol–water partition coefficient (Wildman–Crippen LogP) is 3.30. The molecule has 3 rings (SSSR count). The smallest absolute Gasteiger partial charge is 0.320 e. The van der Waals surface area contributed by atoms with Crippen molar-refractivity contribution in [3.8, 4) is 0 Å². The van der Waals surface area contributed by atoms with Crippen molar-refractivity contribution >= 4 is 23.3 Å². The van der Waals surface area contributed by atoms with Gasteiger partial charge in [-0.1, -0.05) is 30.3 Å². The van der Waals surface area contributed by atoms with Crippen LogP contribution < -0.4 is 10.2 Å². The van der Waals surface area contributed by atoms with Crippen molar-refractivity contribution in [3.63, 3.8) is 0 Å². The Morgan fingerprint density at radius 2 is 1.69 bits per heavy atom. The molecule has 32 heavy (non-hydrogen) atoms. The van der Waals surface area contributed by atoms with E-state index in [1.165, 1.54) is 0 Å². The van der Waals surface area contributed by atoms with Gasteiger partial charge in [-0.25, -0.2) is 0 Å². The minimum absolute atomic E-state index is 0.0580. The fraction of sp³-hybridized carbons (Fsp3) is 0.440. The highest BCUT2D eigenvalue weighted by Crippen LogP contribution is 2.22. The van der Waals surface area contributed by atoms with Crippen LogP contribution >= 0.6 is 0 Å². The Labute approximate surface area is 190 Å². The number of carbonyl (C=O) groups is 2. The summed E-state index contributed by atoms with van der Waals surface area (Å²) < 4.78 is 10.9. The Kier molecular flexibility index (Phi) is 8.64. The van der Waals surface area contributed by atoms with E-state index in [0.717, 1.165) is 30.0 Å². The van der Waals surface area contributed by atoms with Crippen molar-refractivity contribution < 1.29 is 19.1 Å². The molecule has 172 valence electrons. The summed E-state index contributed by atoms with van der Waals surface area (Å²) >= 11 is 0. The molecule has 0 aliphatic carbocycles. The van der Waals surface area contributed by atoms with Crippen LogP contribution in [0.4, 0.5) is 11.4 Å². The molecule has 2 aromatic rings. The van der Waals surface area contributed by atoms with E-state index in [1.54, 1.807) is 11.8 Å². The third kappa shape index (κ3) is 7.35. The molecular weight excluding hydrogens is 406 g/mol. The zero-order valence-corrected chi connectivity index (χ0v) is 19.1. The molecule has 1 fully saturated rings. The Hall–Kier alpha value is -2.90. The molecule has 1 heterocycles. The zero-order chi connectivity index (χ0) is 22.9. The quantitative estimate of drug-likeness (QED) is 0.605. The predicted molar refractivity (Wildman–Crippen MR) is 126 cm³/mol. The number of anilines is 2. The second-order valence-electron chi connectivity index (χ2n) is 8.19. The van der Waals surface area contributed by atoms with E-state index in [1.807, 2.05) is 54.6 Å². The van der Waals surface area contributed by atoms with Crippen LogP contribution in [0.3, 0.4) is 0 Å². The lowest BCUT2D eigenvalue weighted by Crippen LogP contribution is -2.45. The number of nitrogens with zero attached hydrogens (tertiary/aromatic N) is 2. The number of ether oxygens (including phenoxy) is 2. The Morgan fingerprint density at radius 1 is 1.03 bits per heavy atom. The molecule has 1 amide bonds. The summed E-state index contributed by atoms with van der Waals surface area (Å²) in [5, 5.41) is 2.94. The lowest BCUT2D eigenvalue weighted by molar-refractivity contribution is -0.144. The summed E-state index contributed by atoms with van der Waals surface area (Å²) in [5.74, 6) is -0.513. The van der Waals surface area contributed by atoms with Gasteiger partial charge in [-0.15, -0.1) is 0 Å². The van der Waals surface area contributed by atoms with Crippen LogP contribution in [0.1, 0.15) is 26.3 Å². The molecular formula is C25H33N3O4. The molecule has 0 aromatic heterocycles. The molecule has 0 saturated carbocycles. The second kappa shape index (κ2) is 11.6. The summed E-state index contributed by atoms with van der Waals surface area (Å²) in [6.45, 7) is 8.57. The number of morpholine rings is 1. The van der Waals surface area contributed by atoms with Crippen LogP contribution in [0.25, 0.3) is 0 Å². The first-order valence-electron chi connectivity index (χ1n) is 11.1.